The Morgan fingerprint density at radius 2 is 1.75 bits per heavy atom. The molecular formula is C8H13O4. The first kappa shape index (κ1) is 10.9. The van der Waals surface area contributed by atoms with Crippen LogP contribution in [-0.2, 0) is 9.59 Å². The van der Waals surface area contributed by atoms with E-state index in [0.717, 1.165) is 6.42 Å². The maximum Gasteiger partial charge on any atom is 0.321 e. The summed E-state index contributed by atoms with van der Waals surface area (Å²) in [6.07, 6.45) is 1.40. The van der Waals surface area contributed by atoms with Crippen molar-refractivity contribution in [3.05, 3.63) is 6.92 Å². The number of carboxylic acids is 2. The number of aliphatic carboxylic acids is 2. The summed E-state index contributed by atoms with van der Waals surface area (Å²) in [4.78, 5) is 21.1. The van der Waals surface area contributed by atoms with Gasteiger partial charge in [0.25, 0.3) is 0 Å². The lowest BCUT2D eigenvalue weighted by molar-refractivity contribution is -0.161. The van der Waals surface area contributed by atoms with Crippen molar-refractivity contribution in [1.82, 2.24) is 0 Å². The number of unbranched alkanes of at least 4 members (excludes halogenated alkanes) is 1. The molecule has 0 saturated carbocycles. The Labute approximate surface area is 71.2 Å². The molecule has 1 radical (unpaired) electrons. The molecule has 12 heavy (non-hydrogen) atoms. The molecule has 0 aromatic heterocycles. The first-order chi connectivity index (χ1) is 5.45. The summed E-state index contributed by atoms with van der Waals surface area (Å²) in [5.41, 5.74) is -1.87. The van der Waals surface area contributed by atoms with Gasteiger partial charge >= 0.3 is 11.9 Å². The summed E-state index contributed by atoms with van der Waals surface area (Å²) in [5, 5.41) is 17.2. The molecule has 0 bridgehead atoms. The summed E-state index contributed by atoms with van der Waals surface area (Å²) < 4.78 is 0. The molecule has 0 aliphatic heterocycles. The average Bonchev–Trinajstić information content (AvgIpc) is 1.99. The van der Waals surface area contributed by atoms with Gasteiger partial charge in [-0.25, -0.2) is 0 Å². The van der Waals surface area contributed by atoms with Crippen molar-refractivity contribution in [2.45, 2.75) is 26.2 Å². The van der Waals surface area contributed by atoms with Crippen LogP contribution >= 0.6 is 0 Å². The maximum absolute atomic E-state index is 10.5. The highest BCUT2D eigenvalue weighted by atomic mass is 16.4. The Kier molecular flexibility index (Phi) is 3.73. The Balaban J connectivity index is 4.40. The summed E-state index contributed by atoms with van der Waals surface area (Å²) >= 11 is 0. The van der Waals surface area contributed by atoms with E-state index in [1.807, 2.05) is 6.92 Å². The van der Waals surface area contributed by atoms with Crippen LogP contribution in [0.3, 0.4) is 0 Å². The molecule has 0 aromatic carbocycles. The lowest BCUT2D eigenvalue weighted by atomic mass is 9.85. The molecular weight excluding hydrogens is 160 g/mol. The van der Waals surface area contributed by atoms with Crippen LogP contribution in [0.25, 0.3) is 0 Å². The van der Waals surface area contributed by atoms with Crippen LogP contribution in [0, 0.1) is 12.3 Å². The smallest absolute Gasteiger partial charge is 0.321 e. The van der Waals surface area contributed by atoms with Crippen molar-refractivity contribution in [1.29, 1.82) is 0 Å². The molecule has 0 rings (SSSR count). The van der Waals surface area contributed by atoms with E-state index in [9.17, 15) is 9.59 Å². The van der Waals surface area contributed by atoms with E-state index in [4.69, 9.17) is 10.2 Å². The van der Waals surface area contributed by atoms with Crippen molar-refractivity contribution >= 4 is 11.9 Å². The predicted molar refractivity (Wildman–Crippen MR) is 42.6 cm³/mol. The van der Waals surface area contributed by atoms with Gasteiger partial charge in [-0.3, -0.25) is 9.59 Å². The summed E-state index contributed by atoms with van der Waals surface area (Å²) in [5.74, 6) is -2.74. The van der Waals surface area contributed by atoms with E-state index >= 15 is 0 Å². The number of hydrogen-bond donors (Lipinski definition) is 2. The largest absolute Gasteiger partial charge is 0.480 e. The average molecular weight is 173 g/mol. The maximum atomic E-state index is 10.5. The number of carboxylic acid groups (broad SMARTS) is 2. The highest BCUT2D eigenvalue weighted by molar-refractivity contribution is 5.98. The molecule has 69 valence electrons. The highest BCUT2D eigenvalue weighted by Gasteiger charge is 2.40. The Bertz CT molecular complexity index is 171. The molecule has 0 unspecified atom stereocenters. The zero-order valence-electron chi connectivity index (χ0n) is 7.04. The SMILES string of the molecule is [CH2]C(CCCC)(C(=O)O)C(=O)O. The summed E-state index contributed by atoms with van der Waals surface area (Å²) in [6, 6.07) is 0. The van der Waals surface area contributed by atoms with Crippen molar-refractivity contribution in [3.8, 4) is 0 Å². The Hall–Kier alpha value is -1.06. The van der Waals surface area contributed by atoms with Crippen molar-refractivity contribution in [2.24, 2.45) is 5.41 Å². The number of hydrogen-bond acceptors (Lipinski definition) is 2. The standard InChI is InChI=1S/C8H13O4/c1-3-4-5-8(2,6(9)10)7(11)12/h2-5H2,1H3,(H,9,10)(H,11,12). The fourth-order valence-electron chi connectivity index (χ4n) is 0.784. The molecule has 0 aliphatic carbocycles. The zero-order valence-corrected chi connectivity index (χ0v) is 7.04. The molecule has 0 saturated heterocycles. The van der Waals surface area contributed by atoms with E-state index in [-0.39, 0.29) is 6.42 Å². The molecule has 4 nitrogen and oxygen atoms in total. The fourth-order valence-corrected chi connectivity index (χ4v) is 0.784. The van der Waals surface area contributed by atoms with Gasteiger partial charge in [0.2, 0.25) is 0 Å². The van der Waals surface area contributed by atoms with Crippen LogP contribution in [0.2, 0.25) is 0 Å². The molecule has 0 aromatic rings. The number of rotatable bonds is 5. The first-order valence-electron chi connectivity index (χ1n) is 3.77. The van der Waals surface area contributed by atoms with E-state index < -0.39 is 17.4 Å². The lowest BCUT2D eigenvalue weighted by Crippen LogP contribution is -2.36. The normalized spacial score (nSPS) is 11.2. The minimum atomic E-state index is -1.87. The van der Waals surface area contributed by atoms with Crippen molar-refractivity contribution in [3.63, 3.8) is 0 Å². The Morgan fingerprint density at radius 1 is 1.33 bits per heavy atom. The van der Waals surface area contributed by atoms with Crippen molar-refractivity contribution < 1.29 is 19.8 Å². The molecule has 0 fully saturated rings. The topological polar surface area (TPSA) is 74.6 Å². The van der Waals surface area contributed by atoms with Gasteiger partial charge in [0.1, 0.15) is 0 Å². The molecule has 2 N–H and O–H groups in total. The zero-order chi connectivity index (χ0) is 9.78. The van der Waals surface area contributed by atoms with Gasteiger partial charge in [-0.2, -0.15) is 0 Å². The van der Waals surface area contributed by atoms with Gasteiger partial charge in [-0.15, -0.1) is 0 Å². The van der Waals surface area contributed by atoms with Crippen LogP contribution in [0.5, 0.6) is 0 Å². The van der Waals surface area contributed by atoms with Gasteiger partial charge < -0.3 is 10.2 Å². The van der Waals surface area contributed by atoms with E-state index in [1.165, 1.54) is 0 Å². The van der Waals surface area contributed by atoms with Crippen LogP contribution < -0.4 is 0 Å². The predicted octanol–water partition coefficient (Wildman–Crippen LogP) is 1.17. The first-order valence-corrected chi connectivity index (χ1v) is 3.77. The summed E-state index contributed by atoms with van der Waals surface area (Å²) in [7, 11) is 0. The van der Waals surface area contributed by atoms with Gasteiger partial charge in [0, 0.05) is 0 Å². The van der Waals surface area contributed by atoms with Gasteiger partial charge in [0.05, 0.1) is 0 Å². The van der Waals surface area contributed by atoms with E-state index in [1.54, 1.807) is 0 Å². The van der Waals surface area contributed by atoms with Gasteiger partial charge in [0.15, 0.2) is 5.41 Å². The third-order valence-electron chi connectivity index (χ3n) is 1.78. The molecule has 4 heteroatoms. The second-order valence-corrected chi connectivity index (χ2v) is 2.80. The van der Waals surface area contributed by atoms with Crippen LogP contribution in [0.4, 0.5) is 0 Å². The number of carbonyl (C=O) groups is 2. The monoisotopic (exact) mass is 173 g/mol. The Morgan fingerprint density at radius 3 is 2.00 bits per heavy atom. The quantitative estimate of drug-likeness (QED) is 0.612. The van der Waals surface area contributed by atoms with Crippen LogP contribution in [0.15, 0.2) is 0 Å². The van der Waals surface area contributed by atoms with E-state index in [2.05, 4.69) is 6.92 Å². The van der Waals surface area contributed by atoms with E-state index in [0.29, 0.717) is 6.42 Å². The fraction of sp³-hybridized carbons (Fsp3) is 0.625. The van der Waals surface area contributed by atoms with Crippen LogP contribution in [0.1, 0.15) is 26.2 Å². The third-order valence-corrected chi connectivity index (χ3v) is 1.78. The minimum absolute atomic E-state index is 0.0775. The molecule has 0 amide bonds. The highest BCUT2D eigenvalue weighted by Crippen LogP contribution is 2.24. The van der Waals surface area contributed by atoms with Gasteiger partial charge in [-0.1, -0.05) is 19.8 Å². The lowest BCUT2D eigenvalue weighted by Gasteiger charge is -2.18. The second kappa shape index (κ2) is 4.09. The summed E-state index contributed by atoms with van der Waals surface area (Å²) in [6.45, 7) is 5.07. The van der Waals surface area contributed by atoms with Crippen molar-refractivity contribution in [2.75, 3.05) is 0 Å². The van der Waals surface area contributed by atoms with Gasteiger partial charge in [-0.05, 0) is 13.3 Å². The van der Waals surface area contributed by atoms with Crippen LogP contribution in [-0.4, -0.2) is 22.2 Å². The molecule has 0 heterocycles. The minimum Gasteiger partial charge on any atom is -0.480 e. The molecule has 0 spiro atoms. The second-order valence-electron chi connectivity index (χ2n) is 2.80. The molecule has 0 aliphatic rings. The third kappa shape index (κ3) is 2.22. The molecule has 0 atom stereocenters.